The highest BCUT2D eigenvalue weighted by molar-refractivity contribution is 7.22. The third-order valence-corrected chi connectivity index (χ3v) is 7.54. The number of benzene rings is 3. The molecule has 1 N–H and O–H groups in total. The number of nitrogens with zero attached hydrogens (tertiary/aromatic N) is 2. The van der Waals surface area contributed by atoms with E-state index in [1.54, 1.807) is 6.07 Å². The number of carbonyl (C=O) groups is 2. The number of fused-ring (bicyclic) bond motifs is 1. The normalized spacial score (nSPS) is 17.4. The van der Waals surface area contributed by atoms with Gasteiger partial charge in [-0.25, -0.2) is 9.37 Å². The maximum Gasteiger partial charge on any atom is 0.301 e. The van der Waals surface area contributed by atoms with Crippen molar-refractivity contribution in [2.24, 2.45) is 0 Å². The Kier molecular flexibility index (Phi) is 6.53. The molecule has 1 aromatic heterocycles. The molecule has 38 heavy (non-hydrogen) atoms. The summed E-state index contributed by atoms with van der Waals surface area (Å²) in [7, 11) is 0. The molecule has 2 heterocycles. The minimum atomic E-state index is -0.916. The van der Waals surface area contributed by atoms with Gasteiger partial charge >= 0.3 is 5.91 Å². The molecule has 0 radical (unpaired) electrons. The summed E-state index contributed by atoms with van der Waals surface area (Å²) in [5, 5.41) is 11.6. The summed E-state index contributed by atoms with van der Waals surface area (Å²) in [6.07, 6.45) is 0. The Balaban J connectivity index is 1.69. The van der Waals surface area contributed by atoms with Gasteiger partial charge in [0.1, 0.15) is 17.3 Å². The van der Waals surface area contributed by atoms with Crippen LogP contribution in [0.15, 0.2) is 72.3 Å². The topological polar surface area (TPSA) is 79.7 Å². The number of Topliss-reactive ketones (excluding diaryl/α,β-unsaturated/α-hetero) is 1. The van der Waals surface area contributed by atoms with E-state index >= 15 is 0 Å². The zero-order valence-electron chi connectivity index (χ0n) is 21.5. The Morgan fingerprint density at radius 2 is 1.74 bits per heavy atom. The molecule has 1 atom stereocenters. The van der Waals surface area contributed by atoms with Gasteiger partial charge in [-0.2, -0.15) is 0 Å². The smallest absolute Gasteiger partial charge is 0.301 e. The van der Waals surface area contributed by atoms with Gasteiger partial charge in [-0.1, -0.05) is 56.4 Å². The number of aliphatic hydroxyl groups is 1. The van der Waals surface area contributed by atoms with Crippen molar-refractivity contribution in [1.29, 1.82) is 0 Å². The number of aromatic nitrogens is 1. The van der Waals surface area contributed by atoms with Crippen molar-refractivity contribution in [3.63, 3.8) is 0 Å². The van der Waals surface area contributed by atoms with E-state index in [-0.39, 0.29) is 22.3 Å². The first-order valence-electron chi connectivity index (χ1n) is 12.3. The van der Waals surface area contributed by atoms with Gasteiger partial charge < -0.3 is 9.84 Å². The van der Waals surface area contributed by atoms with Crippen LogP contribution in [0.3, 0.4) is 0 Å². The molecular formula is C30H27FN2O4S. The molecule has 3 aromatic carbocycles. The molecule has 0 unspecified atom stereocenters. The summed E-state index contributed by atoms with van der Waals surface area (Å²) in [6, 6.07) is 17.3. The molecule has 1 saturated heterocycles. The minimum Gasteiger partial charge on any atom is -0.507 e. The minimum absolute atomic E-state index is 0.0700. The average Bonchev–Trinajstić information content (AvgIpc) is 3.41. The lowest BCUT2D eigenvalue weighted by molar-refractivity contribution is -0.132. The Labute approximate surface area is 224 Å². The third kappa shape index (κ3) is 4.56. The second-order valence-electron chi connectivity index (χ2n) is 10.1. The Hall–Kier alpha value is -4.04. The number of aliphatic hydroxyl groups excluding tert-OH is 1. The molecule has 5 rings (SSSR count). The second kappa shape index (κ2) is 9.68. The zero-order chi connectivity index (χ0) is 27.2. The first-order valence-corrected chi connectivity index (χ1v) is 13.1. The summed E-state index contributed by atoms with van der Waals surface area (Å²) < 4.78 is 20.0. The van der Waals surface area contributed by atoms with Crippen LogP contribution in [-0.2, 0) is 15.0 Å². The molecule has 1 aliphatic rings. The van der Waals surface area contributed by atoms with Gasteiger partial charge in [-0.15, -0.1) is 0 Å². The van der Waals surface area contributed by atoms with Gasteiger partial charge in [0.25, 0.3) is 5.78 Å². The third-order valence-electron chi connectivity index (χ3n) is 6.52. The highest BCUT2D eigenvalue weighted by Gasteiger charge is 2.48. The largest absolute Gasteiger partial charge is 0.507 e. The summed E-state index contributed by atoms with van der Waals surface area (Å²) in [5.74, 6) is -1.77. The molecule has 4 aromatic rings. The summed E-state index contributed by atoms with van der Waals surface area (Å²) in [5.41, 5.74) is 2.47. The van der Waals surface area contributed by atoms with Crippen LogP contribution in [0.25, 0.3) is 16.0 Å². The van der Waals surface area contributed by atoms with E-state index < -0.39 is 23.5 Å². The van der Waals surface area contributed by atoms with Crippen molar-refractivity contribution >= 4 is 44.1 Å². The fourth-order valence-electron chi connectivity index (χ4n) is 4.53. The monoisotopic (exact) mass is 530 g/mol. The number of ether oxygens (including phenoxy) is 1. The lowest BCUT2D eigenvalue weighted by atomic mass is 9.85. The number of amides is 1. The molecule has 1 amide bonds. The highest BCUT2D eigenvalue weighted by atomic mass is 32.1. The maximum absolute atomic E-state index is 13.6. The first kappa shape index (κ1) is 25.6. The number of ketones is 1. The van der Waals surface area contributed by atoms with Crippen molar-refractivity contribution in [3.05, 3.63) is 94.8 Å². The number of rotatable bonds is 5. The molecule has 0 aliphatic carbocycles. The predicted molar refractivity (Wildman–Crippen MR) is 147 cm³/mol. The van der Waals surface area contributed by atoms with Gasteiger partial charge in [0.2, 0.25) is 0 Å². The SMILES string of the molecule is CCOc1ccc2nc(N3C(=O)C(=O)C(=C(O)c4ccc(F)cc4)[C@H]3c3ccc(C(C)(C)C)cc3)sc2c1. The molecule has 8 heteroatoms. The maximum atomic E-state index is 13.6. The van der Waals surface area contributed by atoms with Crippen LogP contribution in [0.1, 0.15) is 50.4 Å². The van der Waals surface area contributed by atoms with E-state index in [4.69, 9.17) is 4.74 Å². The predicted octanol–water partition coefficient (Wildman–Crippen LogP) is 6.76. The van der Waals surface area contributed by atoms with Crippen LogP contribution in [0.5, 0.6) is 5.75 Å². The number of carbonyl (C=O) groups excluding carboxylic acids is 2. The van der Waals surface area contributed by atoms with E-state index in [2.05, 4.69) is 25.8 Å². The molecule has 194 valence electrons. The van der Waals surface area contributed by atoms with E-state index in [0.29, 0.717) is 28.6 Å². The van der Waals surface area contributed by atoms with E-state index in [9.17, 15) is 19.1 Å². The fourth-order valence-corrected chi connectivity index (χ4v) is 5.55. The van der Waals surface area contributed by atoms with Crippen LogP contribution in [0, 0.1) is 5.82 Å². The quantitative estimate of drug-likeness (QED) is 0.175. The molecule has 0 bridgehead atoms. The lowest BCUT2D eigenvalue weighted by Gasteiger charge is -2.24. The fraction of sp³-hybridized carbons (Fsp3) is 0.233. The number of thiazole rings is 1. The zero-order valence-corrected chi connectivity index (χ0v) is 22.3. The molecule has 0 saturated carbocycles. The van der Waals surface area contributed by atoms with Crippen LogP contribution >= 0.6 is 11.3 Å². The Bertz CT molecular complexity index is 1570. The van der Waals surface area contributed by atoms with Crippen LogP contribution in [-0.4, -0.2) is 28.4 Å². The van der Waals surface area contributed by atoms with Gasteiger partial charge in [0.15, 0.2) is 5.13 Å². The van der Waals surface area contributed by atoms with Crippen molar-refractivity contribution in [1.82, 2.24) is 4.98 Å². The van der Waals surface area contributed by atoms with Crippen LogP contribution < -0.4 is 9.64 Å². The number of hydrogen-bond acceptors (Lipinski definition) is 6. The van der Waals surface area contributed by atoms with Crippen molar-refractivity contribution in [2.45, 2.75) is 39.2 Å². The molecule has 1 aliphatic heterocycles. The van der Waals surface area contributed by atoms with Crippen LogP contribution in [0.4, 0.5) is 9.52 Å². The molecule has 0 spiro atoms. The van der Waals surface area contributed by atoms with Gasteiger partial charge in [-0.05, 0) is 65.9 Å². The van der Waals surface area contributed by atoms with Gasteiger partial charge in [0.05, 0.1) is 28.4 Å². The molecule has 6 nitrogen and oxygen atoms in total. The van der Waals surface area contributed by atoms with Crippen LogP contribution in [0.2, 0.25) is 0 Å². The average molecular weight is 531 g/mol. The number of halogens is 1. The Morgan fingerprint density at radius 3 is 2.37 bits per heavy atom. The second-order valence-corrected chi connectivity index (χ2v) is 11.1. The lowest BCUT2D eigenvalue weighted by Crippen LogP contribution is -2.29. The summed E-state index contributed by atoms with van der Waals surface area (Å²) >= 11 is 1.27. The van der Waals surface area contributed by atoms with E-state index in [1.807, 2.05) is 43.3 Å². The number of hydrogen-bond donors (Lipinski definition) is 1. The highest BCUT2D eigenvalue weighted by Crippen LogP contribution is 2.45. The van der Waals surface area contributed by atoms with Crippen molar-refractivity contribution in [3.8, 4) is 5.75 Å². The van der Waals surface area contributed by atoms with Crippen molar-refractivity contribution in [2.75, 3.05) is 11.5 Å². The summed E-state index contributed by atoms with van der Waals surface area (Å²) in [4.78, 5) is 32.9. The van der Waals surface area contributed by atoms with E-state index in [0.717, 1.165) is 10.3 Å². The summed E-state index contributed by atoms with van der Waals surface area (Å²) in [6.45, 7) is 8.70. The van der Waals surface area contributed by atoms with Gasteiger partial charge in [-0.3, -0.25) is 14.5 Å². The van der Waals surface area contributed by atoms with Crippen molar-refractivity contribution < 1.29 is 23.8 Å². The molecular weight excluding hydrogens is 503 g/mol. The van der Waals surface area contributed by atoms with Gasteiger partial charge in [0, 0.05) is 5.56 Å². The standard InChI is InChI=1S/C30H27FN2O4S/c1-5-37-21-14-15-22-23(16-21)38-29(32-22)33-25(17-6-10-19(11-7-17)30(2,3)4)24(27(35)28(33)36)26(34)18-8-12-20(31)13-9-18/h6-16,25,34H,5H2,1-4H3/t25-/m1/s1. The first-order chi connectivity index (χ1) is 18.1. The van der Waals surface area contributed by atoms with E-state index in [1.165, 1.54) is 40.5 Å². The number of anilines is 1. The Morgan fingerprint density at radius 1 is 1.05 bits per heavy atom. The molecule has 1 fully saturated rings.